The summed E-state index contributed by atoms with van der Waals surface area (Å²) in [6.07, 6.45) is -0.510. The number of hydrogen-bond donors (Lipinski definition) is 2. The van der Waals surface area contributed by atoms with Crippen molar-refractivity contribution in [3.05, 3.63) is 40.9 Å². The molecule has 2 rings (SSSR count). The molecule has 0 fully saturated rings. The van der Waals surface area contributed by atoms with Crippen LogP contribution >= 0.6 is 11.3 Å². The van der Waals surface area contributed by atoms with Crippen molar-refractivity contribution in [3.8, 4) is 6.07 Å². The molecule has 0 aliphatic carbocycles. The fourth-order valence-corrected chi connectivity index (χ4v) is 2.43. The van der Waals surface area contributed by atoms with Gasteiger partial charge in [-0.05, 0) is 25.1 Å². The Kier molecular flexibility index (Phi) is 5.66. The fraction of sp³-hybridized carbons (Fsp3) is 0.200. The molecule has 0 atom stereocenters. The topological polar surface area (TPSA) is 104 Å². The van der Waals surface area contributed by atoms with Gasteiger partial charge in [0.2, 0.25) is 5.91 Å². The molecule has 2 amide bonds. The van der Waals surface area contributed by atoms with E-state index in [-0.39, 0.29) is 18.9 Å². The average Bonchev–Trinajstić information content (AvgIpc) is 2.94. The molecular formula is C15H14N4O3S. The van der Waals surface area contributed by atoms with Crippen LogP contribution in [0, 0.1) is 11.3 Å². The number of nitrogens with one attached hydrogen (secondary N) is 2. The Morgan fingerprint density at radius 3 is 2.96 bits per heavy atom. The number of nitrogens with zero attached hydrogens (tertiary/aromatic N) is 2. The van der Waals surface area contributed by atoms with Gasteiger partial charge in [-0.25, -0.2) is 9.78 Å². The van der Waals surface area contributed by atoms with Crippen LogP contribution < -0.4 is 10.6 Å². The smallest absolute Gasteiger partial charge is 0.413 e. The molecule has 1 aromatic heterocycles. The van der Waals surface area contributed by atoms with Crippen LogP contribution in [0.3, 0.4) is 0 Å². The van der Waals surface area contributed by atoms with E-state index in [0.717, 1.165) is 0 Å². The van der Waals surface area contributed by atoms with Gasteiger partial charge in [-0.3, -0.25) is 10.1 Å². The summed E-state index contributed by atoms with van der Waals surface area (Å²) in [5.41, 5.74) is 1.56. The zero-order chi connectivity index (χ0) is 16.7. The third kappa shape index (κ3) is 5.09. The number of rotatable bonds is 5. The van der Waals surface area contributed by atoms with Crippen LogP contribution in [0.4, 0.5) is 15.6 Å². The highest BCUT2D eigenvalue weighted by molar-refractivity contribution is 7.13. The molecule has 2 aromatic rings. The summed E-state index contributed by atoms with van der Waals surface area (Å²) in [6, 6.07) is 8.65. The number of benzene rings is 1. The summed E-state index contributed by atoms with van der Waals surface area (Å²) in [5, 5.41) is 16.1. The number of thiazole rings is 1. The first-order valence-corrected chi connectivity index (χ1v) is 7.67. The summed E-state index contributed by atoms with van der Waals surface area (Å²) in [7, 11) is 0. The number of aromatic nitrogens is 1. The van der Waals surface area contributed by atoms with Crippen LogP contribution in [0.15, 0.2) is 29.6 Å². The highest BCUT2D eigenvalue weighted by atomic mass is 32.1. The molecule has 0 radical (unpaired) electrons. The second-order valence-electron chi connectivity index (χ2n) is 4.41. The molecule has 2 N–H and O–H groups in total. The third-order valence-corrected chi connectivity index (χ3v) is 3.46. The van der Waals surface area contributed by atoms with Gasteiger partial charge in [0, 0.05) is 11.1 Å². The lowest BCUT2D eigenvalue weighted by molar-refractivity contribution is -0.115. The lowest BCUT2D eigenvalue weighted by Crippen LogP contribution is -2.15. The Bertz CT molecular complexity index is 751. The van der Waals surface area contributed by atoms with Gasteiger partial charge in [0.15, 0.2) is 5.13 Å². The second-order valence-corrected chi connectivity index (χ2v) is 5.27. The minimum Gasteiger partial charge on any atom is -0.450 e. The Morgan fingerprint density at radius 2 is 2.22 bits per heavy atom. The lowest BCUT2D eigenvalue weighted by Gasteiger charge is -2.04. The van der Waals surface area contributed by atoms with Crippen LogP contribution in [-0.4, -0.2) is 23.6 Å². The Balaban J connectivity index is 1.91. The summed E-state index contributed by atoms with van der Waals surface area (Å²) >= 11 is 1.21. The van der Waals surface area contributed by atoms with E-state index in [4.69, 9.17) is 10.00 Å². The first-order chi connectivity index (χ1) is 11.1. The zero-order valence-electron chi connectivity index (χ0n) is 12.3. The van der Waals surface area contributed by atoms with Gasteiger partial charge in [-0.1, -0.05) is 6.07 Å². The number of nitriles is 1. The van der Waals surface area contributed by atoms with Crippen molar-refractivity contribution in [1.82, 2.24) is 4.98 Å². The van der Waals surface area contributed by atoms with Gasteiger partial charge in [0.05, 0.1) is 30.4 Å². The fourth-order valence-electron chi connectivity index (χ4n) is 1.74. The maximum Gasteiger partial charge on any atom is 0.413 e. The van der Waals surface area contributed by atoms with E-state index < -0.39 is 6.09 Å². The summed E-state index contributed by atoms with van der Waals surface area (Å²) in [4.78, 5) is 27.4. The highest BCUT2D eigenvalue weighted by Crippen LogP contribution is 2.17. The average molecular weight is 330 g/mol. The number of amides is 2. The summed E-state index contributed by atoms with van der Waals surface area (Å²) in [5.74, 6) is -0.256. The number of carbonyl (C=O) groups is 2. The second kappa shape index (κ2) is 7.91. The standard InChI is InChI=1S/C15H14N4O3S/c1-2-22-15(21)19-14-18-12(9-23-14)7-13(20)17-11-5-3-4-10(6-11)8-16/h3-6,9H,2,7H2,1H3,(H,17,20)(H,18,19,21). The Labute approximate surface area is 136 Å². The summed E-state index contributed by atoms with van der Waals surface area (Å²) in [6.45, 7) is 1.98. The molecule has 118 valence electrons. The molecule has 7 nitrogen and oxygen atoms in total. The first kappa shape index (κ1) is 16.5. The number of anilines is 2. The predicted molar refractivity (Wildman–Crippen MR) is 86.2 cm³/mol. The van der Waals surface area contributed by atoms with Crippen LogP contribution in [-0.2, 0) is 16.0 Å². The van der Waals surface area contributed by atoms with Crippen molar-refractivity contribution in [2.75, 3.05) is 17.2 Å². The molecule has 1 heterocycles. The van der Waals surface area contributed by atoms with Crippen molar-refractivity contribution in [3.63, 3.8) is 0 Å². The number of ether oxygens (including phenoxy) is 1. The monoisotopic (exact) mass is 330 g/mol. The molecule has 0 spiro atoms. The van der Waals surface area contributed by atoms with Gasteiger partial charge < -0.3 is 10.1 Å². The Hall–Kier alpha value is -2.92. The van der Waals surface area contributed by atoms with E-state index in [0.29, 0.717) is 22.1 Å². The number of carbonyl (C=O) groups excluding carboxylic acids is 2. The van der Waals surface area contributed by atoms with Crippen molar-refractivity contribution in [2.45, 2.75) is 13.3 Å². The van der Waals surface area contributed by atoms with Crippen LogP contribution in [0.25, 0.3) is 0 Å². The van der Waals surface area contributed by atoms with E-state index in [1.165, 1.54) is 11.3 Å². The van der Waals surface area contributed by atoms with Gasteiger partial charge in [0.1, 0.15) is 0 Å². The van der Waals surface area contributed by atoms with Crippen molar-refractivity contribution in [1.29, 1.82) is 5.26 Å². The van der Waals surface area contributed by atoms with Crippen LogP contribution in [0.1, 0.15) is 18.2 Å². The quantitative estimate of drug-likeness (QED) is 0.877. The largest absolute Gasteiger partial charge is 0.450 e. The maximum atomic E-state index is 12.0. The van der Waals surface area contributed by atoms with Crippen molar-refractivity contribution in [2.24, 2.45) is 0 Å². The molecule has 0 saturated heterocycles. The molecule has 8 heteroatoms. The first-order valence-electron chi connectivity index (χ1n) is 6.79. The molecule has 0 aliphatic rings. The molecular weight excluding hydrogens is 316 g/mol. The van der Waals surface area contributed by atoms with Gasteiger partial charge in [-0.2, -0.15) is 5.26 Å². The van der Waals surface area contributed by atoms with E-state index >= 15 is 0 Å². The highest BCUT2D eigenvalue weighted by Gasteiger charge is 2.10. The minimum atomic E-state index is -0.578. The van der Waals surface area contributed by atoms with Gasteiger partial charge in [0.25, 0.3) is 0 Å². The normalized spacial score (nSPS) is 9.74. The third-order valence-electron chi connectivity index (χ3n) is 2.65. The molecule has 0 aliphatic heterocycles. The van der Waals surface area contributed by atoms with E-state index in [9.17, 15) is 9.59 Å². The van der Waals surface area contributed by atoms with Crippen molar-refractivity contribution >= 4 is 34.2 Å². The summed E-state index contributed by atoms with van der Waals surface area (Å²) < 4.78 is 4.75. The van der Waals surface area contributed by atoms with E-state index in [1.54, 1.807) is 36.6 Å². The zero-order valence-corrected chi connectivity index (χ0v) is 13.1. The SMILES string of the molecule is CCOC(=O)Nc1nc(CC(=O)Nc2cccc(C#N)c2)cs1. The van der Waals surface area contributed by atoms with Gasteiger partial charge >= 0.3 is 6.09 Å². The minimum absolute atomic E-state index is 0.0672. The molecule has 23 heavy (non-hydrogen) atoms. The van der Waals surface area contributed by atoms with Crippen molar-refractivity contribution < 1.29 is 14.3 Å². The molecule has 1 aromatic carbocycles. The maximum absolute atomic E-state index is 12.0. The molecule has 0 unspecified atom stereocenters. The van der Waals surface area contributed by atoms with Crippen LogP contribution in [0.2, 0.25) is 0 Å². The van der Waals surface area contributed by atoms with Crippen LogP contribution in [0.5, 0.6) is 0 Å². The Morgan fingerprint density at radius 1 is 1.39 bits per heavy atom. The molecule has 0 bridgehead atoms. The number of hydrogen-bond acceptors (Lipinski definition) is 6. The predicted octanol–water partition coefficient (Wildman–Crippen LogP) is 2.76. The lowest BCUT2D eigenvalue weighted by atomic mass is 10.2. The van der Waals surface area contributed by atoms with E-state index in [1.807, 2.05) is 6.07 Å². The molecule has 0 saturated carbocycles. The van der Waals surface area contributed by atoms with E-state index in [2.05, 4.69) is 15.6 Å². The van der Waals surface area contributed by atoms with Gasteiger partial charge in [-0.15, -0.1) is 11.3 Å².